The van der Waals surface area contributed by atoms with E-state index in [9.17, 15) is 18.8 Å². The molecule has 2 aromatic rings. The summed E-state index contributed by atoms with van der Waals surface area (Å²) in [5.74, 6) is -1.07. The molecule has 2 aliphatic heterocycles. The predicted molar refractivity (Wildman–Crippen MR) is 107 cm³/mol. The van der Waals surface area contributed by atoms with Crippen LogP contribution in [0.4, 0.5) is 4.39 Å². The average Bonchev–Trinajstić information content (AvgIpc) is 3.17. The van der Waals surface area contributed by atoms with Crippen LogP contribution in [0.15, 0.2) is 24.3 Å². The van der Waals surface area contributed by atoms with Crippen LogP contribution in [-0.2, 0) is 17.9 Å². The number of hydrogen-bond acceptors (Lipinski definition) is 4. The molecule has 30 heavy (non-hydrogen) atoms. The molecule has 10 heteroatoms. The highest BCUT2D eigenvalue weighted by molar-refractivity contribution is 6.31. The quantitative estimate of drug-likeness (QED) is 0.737. The summed E-state index contributed by atoms with van der Waals surface area (Å²) in [6.07, 6.45) is 0. The van der Waals surface area contributed by atoms with Gasteiger partial charge < -0.3 is 14.7 Å². The van der Waals surface area contributed by atoms with Crippen molar-refractivity contribution >= 4 is 29.3 Å². The van der Waals surface area contributed by atoms with Crippen molar-refractivity contribution in [2.45, 2.75) is 20.0 Å². The number of piperazine rings is 1. The minimum atomic E-state index is -0.463. The molecule has 2 aliphatic rings. The average molecular weight is 434 g/mol. The molecule has 1 aromatic carbocycles. The van der Waals surface area contributed by atoms with Crippen molar-refractivity contribution in [3.05, 3.63) is 52.1 Å². The van der Waals surface area contributed by atoms with Gasteiger partial charge in [0, 0.05) is 56.3 Å². The van der Waals surface area contributed by atoms with E-state index in [0.29, 0.717) is 45.0 Å². The number of carbonyl (C=O) groups excluding carboxylic acids is 3. The topological polar surface area (TPSA) is 78.8 Å². The summed E-state index contributed by atoms with van der Waals surface area (Å²) in [6.45, 7) is 4.09. The number of rotatable bonds is 3. The molecule has 0 spiro atoms. The molecule has 3 heterocycles. The molecule has 0 radical (unpaired) electrons. The normalized spacial score (nSPS) is 16.6. The van der Waals surface area contributed by atoms with Gasteiger partial charge in [0.15, 0.2) is 5.69 Å². The first kappa shape index (κ1) is 20.3. The van der Waals surface area contributed by atoms with Gasteiger partial charge in [-0.05, 0) is 12.1 Å². The maximum absolute atomic E-state index is 14.1. The number of carbonyl (C=O) groups is 3. The summed E-state index contributed by atoms with van der Waals surface area (Å²) in [5, 5.41) is 4.57. The lowest BCUT2D eigenvalue weighted by Gasteiger charge is -2.33. The molecule has 1 fully saturated rings. The Bertz CT molecular complexity index is 996. The Morgan fingerprint density at radius 2 is 1.80 bits per heavy atom. The van der Waals surface area contributed by atoms with E-state index in [0.717, 1.165) is 0 Å². The maximum Gasteiger partial charge on any atom is 0.274 e. The number of amides is 3. The Morgan fingerprint density at radius 1 is 1.10 bits per heavy atom. The van der Waals surface area contributed by atoms with Gasteiger partial charge in [0.1, 0.15) is 11.5 Å². The second-order valence-corrected chi connectivity index (χ2v) is 7.77. The third-order valence-electron chi connectivity index (χ3n) is 5.51. The molecule has 8 nitrogen and oxygen atoms in total. The number of fused-ring (bicyclic) bond motifs is 1. The van der Waals surface area contributed by atoms with Crippen LogP contribution in [0, 0.1) is 5.82 Å². The highest BCUT2D eigenvalue weighted by Gasteiger charge is 2.31. The maximum atomic E-state index is 14.1. The van der Waals surface area contributed by atoms with Crippen LogP contribution in [0.1, 0.15) is 33.5 Å². The zero-order valence-corrected chi connectivity index (χ0v) is 17.2. The smallest absolute Gasteiger partial charge is 0.274 e. The number of nitrogens with zero attached hydrogens (tertiary/aromatic N) is 5. The first-order chi connectivity index (χ1) is 14.3. The Kier molecular flexibility index (Phi) is 5.46. The Hall–Kier alpha value is -2.94. The van der Waals surface area contributed by atoms with Crippen LogP contribution in [0.2, 0.25) is 5.02 Å². The summed E-state index contributed by atoms with van der Waals surface area (Å²) in [6, 6.07) is 5.89. The van der Waals surface area contributed by atoms with Crippen molar-refractivity contribution in [2.24, 2.45) is 0 Å². The summed E-state index contributed by atoms with van der Waals surface area (Å²) in [4.78, 5) is 42.0. The van der Waals surface area contributed by atoms with Crippen molar-refractivity contribution in [3.63, 3.8) is 0 Å². The van der Waals surface area contributed by atoms with Crippen LogP contribution in [-0.4, -0.2) is 74.9 Å². The second kappa shape index (κ2) is 8.06. The molecule has 3 amide bonds. The first-order valence-corrected chi connectivity index (χ1v) is 10.1. The van der Waals surface area contributed by atoms with E-state index in [-0.39, 0.29) is 40.5 Å². The van der Waals surface area contributed by atoms with E-state index < -0.39 is 5.82 Å². The molecule has 0 aliphatic carbocycles. The lowest BCUT2D eigenvalue weighted by molar-refractivity contribution is -0.130. The van der Waals surface area contributed by atoms with E-state index in [4.69, 9.17) is 11.6 Å². The molecule has 0 unspecified atom stereocenters. The van der Waals surface area contributed by atoms with Gasteiger partial charge in [-0.2, -0.15) is 5.10 Å². The van der Waals surface area contributed by atoms with E-state index in [1.807, 2.05) is 0 Å². The summed E-state index contributed by atoms with van der Waals surface area (Å²) in [5.41, 5.74) is 0.750. The van der Waals surface area contributed by atoms with E-state index in [2.05, 4.69) is 5.10 Å². The van der Waals surface area contributed by atoms with Gasteiger partial charge in [-0.1, -0.05) is 17.7 Å². The van der Waals surface area contributed by atoms with Gasteiger partial charge in [0.2, 0.25) is 5.91 Å². The third-order valence-corrected chi connectivity index (χ3v) is 5.86. The lowest BCUT2D eigenvalue weighted by atomic mass is 10.1. The van der Waals surface area contributed by atoms with Crippen molar-refractivity contribution in [1.82, 2.24) is 24.5 Å². The molecule has 1 aromatic heterocycles. The zero-order valence-electron chi connectivity index (χ0n) is 16.5. The van der Waals surface area contributed by atoms with E-state index >= 15 is 0 Å². The fourth-order valence-electron chi connectivity index (χ4n) is 3.75. The number of hydrogen-bond donors (Lipinski definition) is 0. The van der Waals surface area contributed by atoms with Crippen molar-refractivity contribution < 1.29 is 18.8 Å². The second-order valence-electron chi connectivity index (χ2n) is 7.36. The van der Waals surface area contributed by atoms with Crippen LogP contribution < -0.4 is 0 Å². The van der Waals surface area contributed by atoms with Gasteiger partial charge in [0.05, 0.1) is 13.1 Å². The van der Waals surface area contributed by atoms with E-state index in [1.165, 1.54) is 34.7 Å². The minimum absolute atomic E-state index is 0.0137. The number of benzene rings is 1. The molecule has 1 saturated heterocycles. The molecular weight excluding hydrogens is 413 g/mol. The Morgan fingerprint density at radius 3 is 2.47 bits per heavy atom. The fourth-order valence-corrected chi connectivity index (χ4v) is 3.98. The van der Waals surface area contributed by atoms with Crippen molar-refractivity contribution in [3.8, 4) is 0 Å². The highest BCUT2D eigenvalue weighted by atomic mass is 35.5. The van der Waals surface area contributed by atoms with Crippen molar-refractivity contribution in [1.29, 1.82) is 0 Å². The summed E-state index contributed by atoms with van der Waals surface area (Å²) < 4.78 is 15.6. The minimum Gasteiger partial charge on any atom is -0.339 e. The predicted octanol–water partition coefficient (Wildman–Crippen LogP) is 1.64. The Labute approximate surface area is 177 Å². The summed E-state index contributed by atoms with van der Waals surface area (Å²) in [7, 11) is 0. The largest absolute Gasteiger partial charge is 0.339 e. The van der Waals surface area contributed by atoms with Gasteiger partial charge >= 0.3 is 0 Å². The molecular formula is C20H21ClFN5O3. The summed E-state index contributed by atoms with van der Waals surface area (Å²) >= 11 is 6.09. The van der Waals surface area contributed by atoms with E-state index in [1.54, 1.807) is 15.9 Å². The highest BCUT2D eigenvalue weighted by Crippen LogP contribution is 2.23. The molecule has 0 bridgehead atoms. The van der Waals surface area contributed by atoms with Gasteiger partial charge in [-0.3, -0.25) is 19.1 Å². The molecule has 0 N–H and O–H groups in total. The monoisotopic (exact) mass is 433 g/mol. The van der Waals surface area contributed by atoms with Crippen molar-refractivity contribution in [2.75, 3.05) is 32.7 Å². The van der Waals surface area contributed by atoms with Crippen LogP contribution in [0.5, 0.6) is 0 Å². The first-order valence-electron chi connectivity index (χ1n) is 9.70. The fraction of sp³-hybridized carbons (Fsp3) is 0.400. The Balaban J connectivity index is 1.48. The molecule has 0 saturated carbocycles. The number of aromatic nitrogens is 2. The van der Waals surface area contributed by atoms with Gasteiger partial charge in [-0.15, -0.1) is 0 Å². The third kappa shape index (κ3) is 3.77. The molecule has 0 atom stereocenters. The van der Waals surface area contributed by atoms with Gasteiger partial charge in [-0.25, -0.2) is 4.39 Å². The molecule has 158 valence electrons. The number of halogens is 2. The van der Waals surface area contributed by atoms with Crippen LogP contribution >= 0.6 is 11.6 Å². The zero-order chi connectivity index (χ0) is 21.4. The van der Waals surface area contributed by atoms with Gasteiger partial charge in [0.25, 0.3) is 11.8 Å². The SMILES string of the molecule is CC(=O)N1CCN(C(=O)c2cc3n(n2)CCN(Cc2c(F)cccc2Cl)C3=O)CC1. The lowest BCUT2D eigenvalue weighted by Crippen LogP contribution is -2.50. The van der Waals surface area contributed by atoms with Crippen LogP contribution in [0.3, 0.4) is 0 Å². The molecule has 4 rings (SSSR count). The van der Waals surface area contributed by atoms with Crippen LogP contribution in [0.25, 0.3) is 0 Å². The standard InChI is InChI=1S/C20H21ClFN5O3/c1-13(28)24-5-7-25(8-6-24)19(29)17-11-18-20(30)26(9-10-27(18)23-17)12-14-15(21)3-2-4-16(14)22/h2-4,11H,5-10,12H2,1H3.